The fourth-order valence-electron chi connectivity index (χ4n) is 3.39. The second kappa shape index (κ2) is 8.29. The van der Waals surface area contributed by atoms with Crippen LogP contribution in [0.15, 0.2) is 29.2 Å². The lowest BCUT2D eigenvalue weighted by Gasteiger charge is -2.26. The normalized spacial score (nSPS) is 19.3. The highest BCUT2D eigenvalue weighted by Crippen LogP contribution is 2.20. The van der Waals surface area contributed by atoms with Gasteiger partial charge in [-0.15, -0.1) is 0 Å². The summed E-state index contributed by atoms with van der Waals surface area (Å²) >= 11 is 0. The highest BCUT2D eigenvalue weighted by molar-refractivity contribution is 7.89. The van der Waals surface area contributed by atoms with Crippen molar-refractivity contribution in [3.8, 4) is 0 Å². The summed E-state index contributed by atoms with van der Waals surface area (Å²) in [5.41, 5.74) is 0.974. The molecule has 1 aliphatic heterocycles. The van der Waals surface area contributed by atoms with E-state index < -0.39 is 10.0 Å². The number of carbonyl (C=O) groups is 1. The summed E-state index contributed by atoms with van der Waals surface area (Å²) in [7, 11) is -3.45. The van der Waals surface area contributed by atoms with Crippen LogP contribution in [0.25, 0.3) is 0 Å². The van der Waals surface area contributed by atoms with Gasteiger partial charge >= 0.3 is 0 Å². The number of aryl methyl sites for hydroxylation is 1. The Bertz CT molecular complexity index is 676. The molecule has 138 valence electrons. The third-order valence-corrected chi connectivity index (χ3v) is 6.44. The number of nitrogens with zero attached hydrogens (tertiary/aromatic N) is 1. The van der Waals surface area contributed by atoms with E-state index in [-0.39, 0.29) is 11.9 Å². The summed E-state index contributed by atoms with van der Waals surface area (Å²) < 4.78 is 32.8. The van der Waals surface area contributed by atoms with Crippen LogP contribution in [0.4, 0.5) is 0 Å². The van der Waals surface area contributed by atoms with Crippen molar-refractivity contribution in [2.24, 2.45) is 0 Å². The molecule has 1 aromatic rings. The summed E-state index contributed by atoms with van der Waals surface area (Å²) in [6.07, 6.45) is 5.06. The summed E-state index contributed by atoms with van der Waals surface area (Å²) in [6.45, 7) is 2.52. The second-order valence-electron chi connectivity index (χ2n) is 6.74. The van der Waals surface area contributed by atoms with Gasteiger partial charge in [-0.25, -0.2) is 13.1 Å². The van der Waals surface area contributed by atoms with Crippen molar-refractivity contribution in [1.82, 2.24) is 9.62 Å². The number of benzene rings is 1. The molecule has 3 rings (SSSR count). The van der Waals surface area contributed by atoms with Crippen molar-refractivity contribution in [3.63, 3.8) is 0 Å². The minimum Gasteiger partial charge on any atom is -0.378 e. The molecule has 0 spiro atoms. The van der Waals surface area contributed by atoms with Crippen molar-refractivity contribution in [3.05, 3.63) is 29.8 Å². The number of nitrogens with one attached hydrogen (secondary N) is 1. The Morgan fingerprint density at radius 1 is 1.12 bits per heavy atom. The molecule has 7 heteroatoms. The summed E-state index contributed by atoms with van der Waals surface area (Å²) in [5, 5.41) is 0. The topological polar surface area (TPSA) is 75.7 Å². The lowest BCUT2D eigenvalue weighted by atomic mass is 10.1. The number of ether oxygens (including phenoxy) is 1. The van der Waals surface area contributed by atoms with Crippen molar-refractivity contribution in [2.75, 3.05) is 26.3 Å². The Hall–Kier alpha value is -1.44. The van der Waals surface area contributed by atoms with E-state index in [1.54, 1.807) is 24.3 Å². The largest absolute Gasteiger partial charge is 0.378 e. The van der Waals surface area contributed by atoms with Gasteiger partial charge in [0.05, 0.1) is 18.1 Å². The maximum atomic E-state index is 12.4. The molecule has 1 saturated carbocycles. The van der Waals surface area contributed by atoms with Gasteiger partial charge in [-0.05, 0) is 37.0 Å². The number of hydrogen-bond donors (Lipinski definition) is 1. The molecule has 1 amide bonds. The van der Waals surface area contributed by atoms with Crippen LogP contribution in [-0.2, 0) is 26.0 Å². The lowest BCUT2D eigenvalue weighted by Crippen LogP contribution is -2.40. The molecule has 0 atom stereocenters. The van der Waals surface area contributed by atoms with E-state index in [1.165, 1.54) is 0 Å². The second-order valence-corrected chi connectivity index (χ2v) is 8.45. The number of sulfonamides is 1. The molecule has 6 nitrogen and oxygen atoms in total. The average Bonchev–Trinajstić information content (AvgIpc) is 3.13. The van der Waals surface area contributed by atoms with E-state index in [9.17, 15) is 13.2 Å². The van der Waals surface area contributed by atoms with Gasteiger partial charge in [-0.1, -0.05) is 25.0 Å². The number of carbonyl (C=O) groups excluding carboxylic acids is 1. The zero-order valence-corrected chi connectivity index (χ0v) is 15.3. The van der Waals surface area contributed by atoms with Crippen LogP contribution in [-0.4, -0.2) is 51.6 Å². The van der Waals surface area contributed by atoms with Crippen molar-refractivity contribution in [2.45, 2.75) is 49.5 Å². The first-order chi connectivity index (χ1) is 12.0. The van der Waals surface area contributed by atoms with Crippen LogP contribution in [0.3, 0.4) is 0 Å². The first-order valence-corrected chi connectivity index (χ1v) is 10.5. The molecule has 0 radical (unpaired) electrons. The van der Waals surface area contributed by atoms with Crippen LogP contribution < -0.4 is 4.72 Å². The quantitative estimate of drug-likeness (QED) is 0.831. The van der Waals surface area contributed by atoms with Gasteiger partial charge in [0.15, 0.2) is 0 Å². The molecule has 2 aliphatic rings. The SMILES string of the molecule is O=C(CCc1ccc(S(=O)(=O)NC2CCCC2)cc1)N1CCOCC1. The Balaban J connectivity index is 1.53. The molecule has 1 saturated heterocycles. The third kappa shape index (κ3) is 5.03. The number of amides is 1. The van der Waals surface area contributed by atoms with Crippen LogP contribution in [0.1, 0.15) is 37.7 Å². The maximum absolute atomic E-state index is 12.4. The van der Waals surface area contributed by atoms with Gasteiger partial charge in [0.2, 0.25) is 15.9 Å². The van der Waals surface area contributed by atoms with E-state index >= 15 is 0 Å². The van der Waals surface area contributed by atoms with Crippen molar-refractivity contribution >= 4 is 15.9 Å². The van der Waals surface area contributed by atoms with Crippen LogP contribution in [0, 0.1) is 0 Å². The van der Waals surface area contributed by atoms with Crippen LogP contribution in [0.2, 0.25) is 0 Å². The maximum Gasteiger partial charge on any atom is 0.240 e. The van der Waals surface area contributed by atoms with E-state index in [0.29, 0.717) is 44.0 Å². The molecule has 1 aliphatic carbocycles. The molecule has 1 heterocycles. The fraction of sp³-hybridized carbons (Fsp3) is 0.611. The van der Waals surface area contributed by atoms with E-state index in [2.05, 4.69) is 4.72 Å². The van der Waals surface area contributed by atoms with Gasteiger partial charge in [-0.2, -0.15) is 0 Å². The molecule has 1 aromatic carbocycles. The van der Waals surface area contributed by atoms with E-state index in [1.807, 2.05) is 4.90 Å². The molecule has 0 unspecified atom stereocenters. The van der Waals surface area contributed by atoms with Gasteiger partial charge < -0.3 is 9.64 Å². The molecule has 1 N–H and O–H groups in total. The Morgan fingerprint density at radius 2 is 1.76 bits per heavy atom. The summed E-state index contributed by atoms with van der Waals surface area (Å²) in [5.74, 6) is 0.128. The molecule has 2 fully saturated rings. The molecule has 0 bridgehead atoms. The average molecular weight is 366 g/mol. The zero-order chi connectivity index (χ0) is 17.7. The smallest absolute Gasteiger partial charge is 0.240 e. The van der Waals surface area contributed by atoms with Gasteiger partial charge in [0.1, 0.15) is 0 Å². The Kier molecular flexibility index (Phi) is 6.09. The van der Waals surface area contributed by atoms with E-state index in [4.69, 9.17) is 4.74 Å². The minimum absolute atomic E-state index is 0.0656. The molecular weight excluding hydrogens is 340 g/mol. The summed E-state index contributed by atoms with van der Waals surface area (Å²) in [6, 6.07) is 6.93. The molecule has 25 heavy (non-hydrogen) atoms. The summed E-state index contributed by atoms with van der Waals surface area (Å²) in [4.78, 5) is 14.3. The minimum atomic E-state index is -3.45. The predicted molar refractivity (Wildman–Crippen MR) is 94.7 cm³/mol. The number of morpholine rings is 1. The van der Waals surface area contributed by atoms with Crippen LogP contribution in [0.5, 0.6) is 0 Å². The van der Waals surface area contributed by atoms with Crippen molar-refractivity contribution in [1.29, 1.82) is 0 Å². The highest BCUT2D eigenvalue weighted by atomic mass is 32.2. The van der Waals surface area contributed by atoms with E-state index in [0.717, 1.165) is 31.2 Å². The van der Waals surface area contributed by atoms with Crippen LogP contribution >= 0.6 is 0 Å². The first kappa shape index (κ1) is 18.4. The molecular formula is C18H26N2O4S. The zero-order valence-electron chi connectivity index (χ0n) is 14.4. The van der Waals surface area contributed by atoms with Gasteiger partial charge in [0.25, 0.3) is 0 Å². The predicted octanol–water partition coefficient (Wildman–Crippen LogP) is 1.70. The standard InChI is InChI=1S/C18H26N2O4S/c21-18(20-11-13-24-14-12-20)10-7-15-5-8-17(9-6-15)25(22,23)19-16-3-1-2-4-16/h5-6,8-9,16,19H,1-4,7,10-14H2. The fourth-order valence-corrected chi connectivity index (χ4v) is 4.69. The monoisotopic (exact) mass is 366 g/mol. The lowest BCUT2D eigenvalue weighted by molar-refractivity contribution is -0.135. The number of hydrogen-bond acceptors (Lipinski definition) is 4. The molecule has 0 aromatic heterocycles. The number of rotatable bonds is 6. The highest BCUT2D eigenvalue weighted by Gasteiger charge is 2.23. The Labute approximate surface area is 149 Å². The van der Waals surface area contributed by atoms with Gasteiger partial charge in [0, 0.05) is 25.6 Å². The van der Waals surface area contributed by atoms with Gasteiger partial charge in [-0.3, -0.25) is 4.79 Å². The first-order valence-electron chi connectivity index (χ1n) is 9.01. The third-order valence-electron chi connectivity index (χ3n) is 4.90. The van der Waals surface area contributed by atoms with Crippen molar-refractivity contribution < 1.29 is 17.9 Å². The Morgan fingerprint density at radius 3 is 2.40 bits per heavy atom.